The highest BCUT2D eigenvalue weighted by atomic mass is 79.9. The molecular formula is C12H16BrNO5S2. The van der Waals surface area contributed by atoms with E-state index in [1.807, 2.05) is 4.72 Å². The molecule has 1 aliphatic rings. The van der Waals surface area contributed by atoms with E-state index in [9.17, 15) is 13.2 Å². The van der Waals surface area contributed by atoms with Crippen LogP contribution in [0.5, 0.6) is 0 Å². The average molecular weight is 398 g/mol. The summed E-state index contributed by atoms with van der Waals surface area (Å²) in [5, 5.41) is 0. The number of rotatable bonds is 6. The van der Waals surface area contributed by atoms with E-state index < -0.39 is 22.0 Å². The fraction of sp³-hybridized carbons (Fsp3) is 0.583. The van der Waals surface area contributed by atoms with Crippen molar-refractivity contribution in [1.82, 2.24) is 4.72 Å². The van der Waals surface area contributed by atoms with Gasteiger partial charge in [-0.3, -0.25) is 4.79 Å². The van der Waals surface area contributed by atoms with Gasteiger partial charge in [-0.25, -0.2) is 13.1 Å². The van der Waals surface area contributed by atoms with E-state index in [4.69, 9.17) is 9.47 Å². The fourth-order valence-corrected chi connectivity index (χ4v) is 4.86. The van der Waals surface area contributed by atoms with Crippen LogP contribution in [0.2, 0.25) is 0 Å². The van der Waals surface area contributed by atoms with Crippen LogP contribution in [0.1, 0.15) is 19.8 Å². The highest BCUT2D eigenvalue weighted by Crippen LogP contribution is 2.25. The number of hydrogen-bond acceptors (Lipinski definition) is 6. The van der Waals surface area contributed by atoms with Gasteiger partial charge in [-0.2, -0.15) is 0 Å². The molecule has 0 saturated carbocycles. The molecule has 0 aromatic carbocycles. The van der Waals surface area contributed by atoms with Gasteiger partial charge in [0, 0.05) is 6.61 Å². The molecule has 118 valence electrons. The number of carbonyl (C=O) groups excluding carboxylic acids is 1. The quantitative estimate of drug-likeness (QED) is 0.792. The number of hydrogen-bond donors (Lipinski definition) is 1. The van der Waals surface area contributed by atoms with Crippen LogP contribution in [0.15, 0.2) is 20.1 Å². The number of carbonyl (C=O) groups is 1. The van der Waals surface area contributed by atoms with Crippen molar-refractivity contribution in [2.75, 3.05) is 13.2 Å². The van der Waals surface area contributed by atoms with Crippen LogP contribution in [0.3, 0.4) is 0 Å². The van der Waals surface area contributed by atoms with Gasteiger partial charge in [0.2, 0.25) is 0 Å². The third kappa shape index (κ3) is 4.75. The van der Waals surface area contributed by atoms with Crippen molar-refractivity contribution in [3.05, 3.63) is 15.9 Å². The second-order valence-electron chi connectivity index (χ2n) is 4.64. The Hall–Kier alpha value is -0.480. The average Bonchev–Trinajstić information content (AvgIpc) is 3.06. The third-order valence-corrected chi connectivity index (χ3v) is 6.44. The maximum atomic E-state index is 12.0. The lowest BCUT2D eigenvalue weighted by molar-refractivity contribution is -0.131. The van der Waals surface area contributed by atoms with Crippen LogP contribution >= 0.6 is 27.3 Å². The number of thiophene rings is 1. The van der Waals surface area contributed by atoms with Crippen LogP contribution in [0, 0.1) is 0 Å². The molecule has 1 aromatic heterocycles. The van der Waals surface area contributed by atoms with Crippen LogP contribution < -0.4 is 4.72 Å². The first-order valence-electron chi connectivity index (χ1n) is 6.43. The minimum absolute atomic E-state index is 0.00916. The number of halogens is 1. The van der Waals surface area contributed by atoms with E-state index in [2.05, 4.69) is 15.9 Å². The number of amides is 1. The monoisotopic (exact) mass is 397 g/mol. The summed E-state index contributed by atoms with van der Waals surface area (Å²) in [5.41, 5.74) is 0. The largest absolute Gasteiger partial charge is 0.376 e. The second-order valence-corrected chi connectivity index (χ2v) is 9.01. The van der Waals surface area contributed by atoms with E-state index in [-0.39, 0.29) is 10.3 Å². The number of nitrogens with one attached hydrogen (secondary N) is 1. The Morgan fingerprint density at radius 3 is 2.95 bits per heavy atom. The summed E-state index contributed by atoms with van der Waals surface area (Å²) in [5.74, 6) is -0.683. The standard InChI is InChI=1S/C12H16BrNO5S2/c1-8(19-7-9-3-2-6-18-9)12(15)14-21(16,17)11-5-4-10(13)20-11/h4-5,8-9H,2-3,6-7H2,1H3,(H,14,15). The lowest BCUT2D eigenvalue weighted by Crippen LogP contribution is -2.39. The molecule has 2 unspecified atom stereocenters. The molecule has 9 heteroatoms. The topological polar surface area (TPSA) is 81.7 Å². The normalized spacial score (nSPS) is 20.4. The maximum Gasteiger partial charge on any atom is 0.273 e. The van der Waals surface area contributed by atoms with Gasteiger partial charge in [0.1, 0.15) is 10.3 Å². The van der Waals surface area contributed by atoms with E-state index in [1.165, 1.54) is 13.0 Å². The zero-order valence-corrected chi connectivity index (χ0v) is 14.6. The van der Waals surface area contributed by atoms with Crippen molar-refractivity contribution in [2.24, 2.45) is 0 Å². The lowest BCUT2D eigenvalue weighted by Gasteiger charge is -2.15. The number of ether oxygens (including phenoxy) is 2. The van der Waals surface area contributed by atoms with Crippen molar-refractivity contribution in [3.8, 4) is 0 Å². The number of sulfonamides is 1. The Kier molecular flexibility index (Phi) is 5.78. The zero-order valence-electron chi connectivity index (χ0n) is 11.4. The first-order valence-corrected chi connectivity index (χ1v) is 9.53. The maximum absolute atomic E-state index is 12.0. The molecule has 2 heterocycles. The van der Waals surface area contributed by atoms with Crippen molar-refractivity contribution in [2.45, 2.75) is 36.2 Å². The highest BCUT2D eigenvalue weighted by Gasteiger charge is 2.25. The van der Waals surface area contributed by atoms with Gasteiger partial charge in [-0.15, -0.1) is 11.3 Å². The molecule has 0 aliphatic carbocycles. The molecule has 1 amide bonds. The molecule has 0 bridgehead atoms. The summed E-state index contributed by atoms with van der Waals surface area (Å²) in [6, 6.07) is 3.04. The molecule has 6 nitrogen and oxygen atoms in total. The van der Waals surface area contributed by atoms with Crippen molar-refractivity contribution in [1.29, 1.82) is 0 Å². The van der Waals surface area contributed by atoms with E-state index in [1.54, 1.807) is 6.07 Å². The van der Waals surface area contributed by atoms with E-state index >= 15 is 0 Å². The molecule has 1 aromatic rings. The molecule has 1 fully saturated rings. The van der Waals surface area contributed by atoms with E-state index in [0.717, 1.165) is 24.2 Å². The minimum Gasteiger partial charge on any atom is -0.376 e. The summed E-state index contributed by atoms with van der Waals surface area (Å²) in [4.78, 5) is 11.9. The molecule has 1 aliphatic heterocycles. The Balaban J connectivity index is 1.87. The highest BCUT2D eigenvalue weighted by molar-refractivity contribution is 9.11. The van der Waals surface area contributed by atoms with Crippen LogP contribution in [0.25, 0.3) is 0 Å². The molecular weight excluding hydrogens is 382 g/mol. The Labute approximate surface area is 136 Å². The SMILES string of the molecule is CC(OCC1CCCO1)C(=O)NS(=O)(=O)c1ccc(Br)s1. The first kappa shape index (κ1) is 16.9. The summed E-state index contributed by atoms with van der Waals surface area (Å²) in [7, 11) is -3.84. The van der Waals surface area contributed by atoms with Gasteiger partial charge >= 0.3 is 0 Å². The predicted octanol–water partition coefficient (Wildman–Crippen LogP) is 1.90. The smallest absolute Gasteiger partial charge is 0.273 e. The van der Waals surface area contributed by atoms with Gasteiger partial charge in [-0.05, 0) is 47.8 Å². The predicted molar refractivity (Wildman–Crippen MR) is 81.7 cm³/mol. The molecule has 0 radical (unpaired) electrons. The van der Waals surface area contributed by atoms with Crippen molar-refractivity contribution < 1.29 is 22.7 Å². The molecule has 0 spiro atoms. The summed E-state index contributed by atoms with van der Waals surface area (Å²) >= 11 is 4.22. The van der Waals surface area contributed by atoms with E-state index in [0.29, 0.717) is 17.0 Å². The molecule has 1 N–H and O–H groups in total. The Morgan fingerprint density at radius 2 is 2.38 bits per heavy atom. The van der Waals surface area contributed by atoms with Crippen molar-refractivity contribution in [3.63, 3.8) is 0 Å². The first-order chi connectivity index (χ1) is 9.88. The molecule has 2 atom stereocenters. The van der Waals surface area contributed by atoms with Crippen molar-refractivity contribution >= 4 is 43.2 Å². The van der Waals surface area contributed by atoms with Crippen LogP contribution in [-0.2, 0) is 24.3 Å². The summed E-state index contributed by atoms with van der Waals surface area (Å²) in [6.07, 6.45) is 1.02. The second kappa shape index (κ2) is 7.19. The lowest BCUT2D eigenvalue weighted by atomic mass is 10.2. The minimum atomic E-state index is -3.84. The molecule has 2 rings (SSSR count). The Bertz CT molecular complexity index is 595. The van der Waals surface area contributed by atoms with Gasteiger partial charge in [-0.1, -0.05) is 0 Å². The summed E-state index contributed by atoms with van der Waals surface area (Å²) < 4.78 is 37.5. The molecule has 1 saturated heterocycles. The van der Waals surface area contributed by atoms with Gasteiger partial charge in [0.05, 0.1) is 16.5 Å². The van der Waals surface area contributed by atoms with Gasteiger partial charge < -0.3 is 9.47 Å². The van der Waals surface area contributed by atoms with Gasteiger partial charge in [0.25, 0.3) is 15.9 Å². The Morgan fingerprint density at radius 1 is 1.62 bits per heavy atom. The molecule has 21 heavy (non-hydrogen) atoms. The fourth-order valence-electron chi connectivity index (χ4n) is 1.81. The van der Waals surface area contributed by atoms with Crippen LogP contribution in [0.4, 0.5) is 0 Å². The van der Waals surface area contributed by atoms with Crippen LogP contribution in [-0.4, -0.2) is 39.7 Å². The van der Waals surface area contributed by atoms with Gasteiger partial charge in [0.15, 0.2) is 0 Å². The zero-order chi connectivity index (χ0) is 15.5. The summed E-state index contributed by atoms with van der Waals surface area (Å²) in [6.45, 7) is 2.51. The third-order valence-electron chi connectivity index (χ3n) is 2.97.